The van der Waals surface area contributed by atoms with E-state index in [2.05, 4.69) is 24.1 Å². The molecule has 8 nitrogen and oxygen atoms in total. The van der Waals surface area contributed by atoms with Crippen LogP contribution >= 0.6 is 0 Å². The molecule has 2 atom stereocenters. The van der Waals surface area contributed by atoms with Gasteiger partial charge in [-0.15, -0.1) is 0 Å². The van der Waals surface area contributed by atoms with E-state index in [1.165, 1.54) is 37.1 Å². The first-order chi connectivity index (χ1) is 14.9. The second-order valence-corrected chi connectivity index (χ2v) is 8.88. The first-order valence-corrected chi connectivity index (χ1v) is 11.5. The Morgan fingerprint density at radius 2 is 1.74 bits per heavy atom. The summed E-state index contributed by atoms with van der Waals surface area (Å²) in [6, 6.07) is 5.62. The van der Waals surface area contributed by atoms with Crippen LogP contribution in [0.2, 0.25) is 0 Å². The minimum Gasteiger partial charge on any atom is -0.354 e. The van der Waals surface area contributed by atoms with Gasteiger partial charge in [-0.3, -0.25) is 24.6 Å². The number of nitrogens with one attached hydrogen (secondary N) is 1. The SMILES string of the molecule is CC[C@@H](C)CNC(=O)[C@@H](C1CCCC1)N1CCN(C(=O)c2ccc([N+](=O)[O-])cc2)CC1. The van der Waals surface area contributed by atoms with Crippen LogP contribution in [0.1, 0.15) is 56.3 Å². The largest absolute Gasteiger partial charge is 0.354 e. The number of nitro benzene ring substituents is 1. The van der Waals surface area contributed by atoms with Crippen molar-refractivity contribution in [2.24, 2.45) is 11.8 Å². The number of non-ortho nitro benzene ring substituents is 1. The lowest BCUT2D eigenvalue weighted by molar-refractivity contribution is -0.384. The van der Waals surface area contributed by atoms with Crippen LogP contribution in [0.25, 0.3) is 0 Å². The Bertz CT molecular complexity index is 768. The number of nitrogens with zero attached hydrogens (tertiary/aromatic N) is 3. The predicted octanol–water partition coefficient (Wildman–Crippen LogP) is 3.07. The lowest BCUT2D eigenvalue weighted by Crippen LogP contribution is -2.58. The average Bonchev–Trinajstić information content (AvgIpc) is 3.32. The third-order valence-electron chi connectivity index (χ3n) is 6.76. The number of amides is 2. The summed E-state index contributed by atoms with van der Waals surface area (Å²) in [6.07, 6.45) is 5.57. The van der Waals surface area contributed by atoms with E-state index in [1.807, 2.05) is 0 Å². The van der Waals surface area contributed by atoms with Crippen molar-refractivity contribution in [2.45, 2.75) is 52.0 Å². The fourth-order valence-corrected chi connectivity index (χ4v) is 4.59. The van der Waals surface area contributed by atoms with E-state index in [1.54, 1.807) is 4.90 Å². The van der Waals surface area contributed by atoms with Crippen molar-refractivity contribution in [1.29, 1.82) is 0 Å². The van der Waals surface area contributed by atoms with Gasteiger partial charge in [-0.25, -0.2) is 0 Å². The van der Waals surface area contributed by atoms with E-state index in [4.69, 9.17) is 0 Å². The molecule has 0 spiro atoms. The lowest BCUT2D eigenvalue weighted by atomic mass is 9.94. The summed E-state index contributed by atoms with van der Waals surface area (Å²) in [5.41, 5.74) is 0.432. The van der Waals surface area contributed by atoms with Gasteiger partial charge in [-0.1, -0.05) is 33.1 Å². The van der Waals surface area contributed by atoms with Gasteiger partial charge in [0, 0.05) is 50.4 Å². The van der Waals surface area contributed by atoms with E-state index in [0.29, 0.717) is 50.1 Å². The number of nitro groups is 1. The zero-order valence-electron chi connectivity index (χ0n) is 18.6. The monoisotopic (exact) mass is 430 g/mol. The molecule has 1 aromatic carbocycles. The van der Waals surface area contributed by atoms with Crippen molar-refractivity contribution >= 4 is 17.5 Å². The minimum atomic E-state index is -0.470. The number of hydrogen-bond acceptors (Lipinski definition) is 5. The van der Waals surface area contributed by atoms with E-state index < -0.39 is 4.92 Å². The van der Waals surface area contributed by atoms with Crippen LogP contribution in [0, 0.1) is 22.0 Å². The van der Waals surface area contributed by atoms with Crippen LogP contribution in [-0.4, -0.2) is 65.3 Å². The van der Waals surface area contributed by atoms with Crippen LogP contribution in [0.15, 0.2) is 24.3 Å². The van der Waals surface area contributed by atoms with Gasteiger partial charge in [-0.05, 0) is 36.8 Å². The van der Waals surface area contributed by atoms with Gasteiger partial charge in [0.2, 0.25) is 5.91 Å². The molecule has 1 saturated carbocycles. The second-order valence-electron chi connectivity index (χ2n) is 8.88. The van der Waals surface area contributed by atoms with Gasteiger partial charge in [-0.2, -0.15) is 0 Å². The maximum Gasteiger partial charge on any atom is 0.269 e. The number of piperazine rings is 1. The summed E-state index contributed by atoms with van der Waals surface area (Å²) in [5, 5.41) is 14.0. The lowest BCUT2D eigenvalue weighted by Gasteiger charge is -2.41. The van der Waals surface area contributed by atoms with E-state index >= 15 is 0 Å². The fourth-order valence-electron chi connectivity index (χ4n) is 4.59. The molecule has 0 radical (unpaired) electrons. The van der Waals surface area contributed by atoms with Crippen molar-refractivity contribution < 1.29 is 14.5 Å². The molecule has 1 heterocycles. The van der Waals surface area contributed by atoms with Crippen molar-refractivity contribution in [3.05, 3.63) is 39.9 Å². The van der Waals surface area contributed by atoms with E-state index in [9.17, 15) is 19.7 Å². The highest BCUT2D eigenvalue weighted by atomic mass is 16.6. The Kier molecular flexibility index (Phi) is 8.01. The van der Waals surface area contributed by atoms with Crippen LogP contribution in [0.3, 0.4) is 0 Å². The van der Waals surface area contributed by atoms with Gasteiger partial charge < -0.3 is 10.2 Å². The maximum atomic E-state index is 13.1. The minimum absolute atomic E-state index is 0.0239. The van der Waals surface area contributed by atoms with Gasteiger partial charge >= 0.3 is 0 Å². The highest BCUT2D eigenvalue weighted by Crippen LogP contribution is 2.31. The van der Waals surface area contributed by atoms with Crippen LogP contribution in [0.5, 0.6) is 0 Å². The van der Waals surface area contributed by atoms with Gasteiger partial charge in [0.25, 0.3) is 11.6 Å². The molecule has 3 rings (SSSR count). The molecule has 2 aliphatic rings. The summed E-state index contributed by atoms with van der Waals surface area (Å²) >= 11 is 0. The van der Waals surface area contributed by atoms with Crippen molar-refractivity contribution in [3.63, 3.8) is 0 Å². The molecule has 170 valence electrons. The number of rotatable bonds is 8. The molecule has 0 bridgehead atoms. The van der Waals surface area contributed by atoms with Crippen molar-refractivity contribution in [3.8, 4) is 0 Å². The van der Waals surface area contributed by atoms with Crippen LogP contribution < -0.4 is 5.32 Å². The Hall–Kier alpha value is -2.48. The number of carbonyl (C=O) groups excluding carboxylic acids is 2. The smallest absolute Gasteiger partial charge is 0.269 e. The van der Waals surface area contributed by atoms with Crippen molar-refractivity contribution in [2.75, 3.05) is 32.7 Å². The zero-order valence-corrected chi connectivity index (χ0v) is 18.6. The van der Waals surface area contributed by atoms with Crippen molar-refractivity contribution in [1.82, 2.24) is 15.1 Å². The second kappa shape index (κ2) is 10.7. The molecule has 2 amide bonds. The fraction of sp³-hybridized carbons (Fsp3) is 0.652. The third kappa shape index (κ3) is 5.81. The third-order valence-corrected chi connectivity index (χ3v) is 6.76. The quantitative estimate of drug-likeness (QED) is 0.505. The van der Waals surface area contributed by atoms with E-state index in [-0.39, 0.29) is 23.5 Å². The normalized spacial score (nSPS) is 19.7. The summed E-state index contributed by atoms with van der Waals surface area (Å²) in [5.74, 6) is 0.855. The Balaban J connectivity index is 1.61. The molecule has 1 N–H and O–H groups in total. The molecule has 2 fully saturated rings. The van der Waals surface area contributed by atoms with E-state index in [0.717, 1.165) is 19.3 Å². The number of benzene rings is 1. The number of carbonyl (C=O) groups is 2. The average molecular weight is 431 g/mol. The molecule has 1 aliphatic carbocycles. The standard InChI is InChI=1S/C23H34N4O4/c1-3-17(2)16-24-22(28)21(18-6-4-5-7-18)25-12-14-26(15-13-25)23(29)19-8-10-20(11-9-19)27(30)31/h8-11,17-18,21H,3-7,12-16H2,1-2H3,(H,24,28)/t17-,21-/m1/s1. The Morgan fingerprint density at radius 3 is 2.29 bits per heavy atom. The molecule has 1 saturated heterocycles. The van der Waals surface area contributed by atoms with Crippen LogP contribution in [-0.2, 0) is 4.79 Å². The topological polar surface area (TPSA) is 95.8 Å². The highest BCUT2D eigenvalue weighted by molar-refractivity contribution is 5.94. The zero-order chi connectivity index (χ0) is 22.4. The molecule has 31 heavy (non-hydrogen) atoms. The molecule has 1 aromatic rings. The Labute approximate surface area is 184 Å². The molecular formula is C23H34N4O4. The maximum absolute atomic E-state index is 13.1. The predicted molar refractivity (Wildman–Crippen MR) is 119 cm³/mol. The summed E-state index contributed by atoms with van der Waals surface area (Å²) in [4.78, 5) is 40.3. The molecule has 1 aliphatic heterocycles. The molecular weight excluding hydrogens is 396 g/mol. The first-order valence-electron chi connectivity index (χ1n) is 11.5. The number of hydrogen-bond donors (Lipinski definition) is 1. The summed E-state index contributed by atoms with van der Waals surface area (Å²) in [6.45, 7) is 7.42. The molecule has 0 aromatic heterocycles. The summed E-state index contributed by atoms with van der Waals surface area (Å²) < 4.78 is 0. The van der Waals surface area contributed by atoms with Gasteiger partial charge in [0.15, 0.2) is 0 Å². The highest BCUT2D eigenvalue weighted by Gasteiger charge is 2.37. The van der Waals surface area contributed by atoms with Gasteiger partial charge in [0.1, 0.15) is 0 Å². The van der Waals surface area contributed by atoms with Crippen LogP contribution in [0.4, 0.5) is 5.69 Å². The molecule has 0 unspecified atom stereocenters. The van der Waals surface area contributed by atoms with Gasteiger partial charge in [0.05, 0.1) is 11.0 Å². The molecule has 8 heteroatoms. The first kappa shape index (κ1) is 23.2. The Morgan fingerprint density at radius 1 is 1.13 bits per heavy atom. The summed E-state index contributed by atoms with van der Waals surface area (Å²) in [7, 11) is 0.